The number of allylic oxidation sites excluding steroid dienone is 2. The molecule has 72 valence electrons. The molecule has 0 bridgehead atoms. The second-order valence-electron chi connectivity index (χ2n) is 3.98. The average Bonchev–Trinajstić information content (AvgIpc) is 2.71. The van der Waals surface area contributed by atoms with E-state index in [1.807, 2.05) is 13.0 Å². The van der Waals surface area contributed by atoms with E-state index >= 15 is 0 Å². The van der Waals surface area contributed by atoms with Crippen molar-refractivity contribution >= 4 is 6.08 Å². The Bertz CT molecular complexity index is 437. The molecule has 3 rings (SSSR count). The summed E-state index contributed by atoms with van der Waals surface area (Å²) in [6.45, 7) is 4.17. The Morgan fingerprint density at radius 1 is 1.36 bits per heavy atom. The first kappa shape index (κ1) is 7.92. The SMILES string of the molecule is CC1=CC2C(=Cc3ccoc3C2C)O1. The van der Waals surface area contributed by atoms with Gasteiger partial charge in [-0.3, -0.25) is 0 Å². The maximum absolute atomic E-state index is 5.64. The lowest BCUT2D eigenvalue weighted by Gasteiger charge is -2.21. The minimum atomic E-state index is 0.369. The molecule has 2 atom stereocenters. The summed E-state index contributed by atoms with van der Waals surface area (Å²) >= 11 is 0. The van der Waals surface area contributed by atoms with Gasteiger partial charge in [0.25, 0.3) is 0 Å². The summed E-state index contributed by atoms with van der Waals surface area (Å²) in [5.74, 6) is 3.89. The van der Waals surface area contributed by atoms with Gasteiger partial charge in [0, 0.05) is 17.4 Å². The second-order valence-corrected chi connectivity index (χ2v) is 3.98. The lowest BCUT2D eigenvalue weighted by Crippen LogP contribution is -2.12. The Kier molecular flexibility index (Phi) is 1.43. The van der Waals surface area contributed by atoms with E-state index in [9.17, 15) is 0 Å². The molecular weight excluding hydrogens is 176 g/mol. The third kappa shape index (κ3) is 0.910. The molecule has 2 aliphatic rings. The molecule has 1 aliphatic heterocycles. The number of fused-ring (bicyclic) bond motifs is 2. The van der Waals surface area contributed by atoms with Gasteiger partial charge in [0.15, 0.2) is 0 Å². The molecule has 0 spiro atoms. The second kappa shape index (κ2) is 2.53. The lowest BCUT2D eigenvalue weighted by atomic mass is 9.84. The molecule has 0 amide bonds. The molecule has 1 aromatic heterocycles. The Hall–Kier alpha value is -1.44. The molecule has 14 heavy (non-hydrogen) atoms. The molecule has 1 aromatic rings. The highest BCUT2D eigenvalue weighted by molar-refractivity contribution is 5.59. The van der Waals surface area contributed by atoms with Crippen LogP contribution in [0.1, 0.15) is 31.1 Å². The normalized spacial score (nSPS) is 28.7. The smallest absolute Gasteiger partial charge is 0.114 e. The number of furan rings is 1. The molecule has 0 radical (unpaired) electrons. The maximum Gasteiger partial charge on any atom is 0.114 e. The van der Waals surface area contributed by atoms with Gasteiger partial charge in [0.2, 0.25) is 0 Å². The summed E-state index contributed by atoms with van der Waals surface area (Å²) in [5, 5.41) is 0. The van der Waals surface area contributed by atoms with Crippen molar-refractivity contribution in [3.8, 4) is 0 Å². The third-order valence-corrected chi connectivity index (χ3v) is 3.00. The van der Waals surface area contributed by atoms with Crippen molar-refractivity contribution < 1.29 is 9.15 Å². The monoisotopic (exact) mass is 188 g/mol. The molecule has 2 heteroatoms. The van der Waals surface area contributed by atoms with E-state index in [-0.39, 0.29) is 0 Å². The highest BCUT2D eigenvalue weighted by Gasteiger charge is 2.34. The molecule has 2 heterocycles. The molecule has 0 aromatic carbocycles. The third-order valence-electron chi connectivity index (χ3n) is 3.00. The average molecular weight is 188 g/mol. The van der Waals surface area contributed by atoms with Crippen molar-refractivity contribution in [1.82, 2.24) is 0 Å². The van der Waals surface area contributed by atoms with E-state index in [0.29, 0.717) is 11.8 Å². The van der Waals surface area contributed by atoms with E-state index in [1.165, 1.54) is 0 Å². The molecule has 0 saturated carbocycles. The van der Waals surface area contributed by atoms with Crippen LogP contribution in [0.5, 0.6) is 0 Å². The number of rotatable bonds is 0. The molecule has 0 saturated heterocycles. The van der Waals surface area contributed by atoms with Gasteiger partial charge < -0.3 is 9.15 Å². The minimum absolute atomic E-state index is 0.369. The predicted molar refractivity (Wildman–Crippen MR) is 53.4 cm³/mol. The summed E-state index contributed by atoms with van der Waals surface area (Å²) < 4.78 is 11.1. The number of ether oxygens (including phenoxy) is 1. The van der Waals surface area contributed by atoms with E-state index in [4.69, 9.17) is 9.15 Å². The standard InChI is InChI=1S/C12H12O2/c1-7-5-10-8(2)12-9(3-4-13-12)6-11(10)14-7/h3-6,8,10H,1-2H3. The van der Waals surface area contributed by atoms with Crippen LogP contribution in [0.4, 0.5) is 0 Å². The van der Waals surface area contributed by atoms with Crippen LogP contribution in [-0.2, 0) is 4.74 Å². The van der Waals surface area contributed by atoms with Gasteiger partial charge in [-0.05, 0) is 25.1 Å². The quantitative estimate of drug-likeness (QED) is 0.623. The van der Waals surface area contributed by atoms with Gasteiger partial charge in [-0.2, -0.15) is 0 Å². The van der Waals surface area contributed by atoms with Crippen LogP contribution in [0.3, 0.4) is 0 Å². The fraction of sp³-hybridized carbons (Fsp3) is 0.333. The lowest BCUT2D eigenvalue weighted by molar-refractivity contribution is 0.292. The first-order valence-electron chi connectivity index (χ1n) is 4.91. The zero-order valence-electron chi connectivity index (χ0n) is 8.28. The van der Waals surface area contributed by atoms with Crippen molar-refractivity contribution in [1.29, 1.82) is 0 Å². The fourth-order valence-corrected chi connectivity index (χ4v) is 2.28. The molecule has 2 unspecified atom stereocenters. The predicted octanol–water partition coefficient (Wildman–Crippen LogP) is 3.29. The number of hydrogen-bond donors (Lipinski definition) is 0. The van der Waals surface area contributed by atoms with Gasteiger partial charge in [-0.1, -0.05) is 6.92 Å². The largest absolute Gasteiger partial charge is 0.468 e. The van der Waals surface area contributed by atoms with Crippen LogP contribution in [0.2, 0.25) is 0 Å². The van der Waals surface area contributed by atoms with Crippen LogP contribution >= 0.6 is 0 Å². The van der Waals surface area contributed by atoms with E-state index in [2.05, 4.69) is 19.1 Å². The first-order chi connectivity index (χ1) is 6.75. The summed E-state index contributed by atoms with van der Waals surface area (Å²) in [4.78, 5) is 0. The van der Waals surface area contributed by atoms with Gasteiger partial charge >= 0.3 is 0 Å². The van der Waals surface area contributed by atoms with Crippen LogP contribution in [-0.4, -0.2) is 0 Å². The minimum Gasteiger partial charge on any atom is -0.468 e. The van der Waals surface area contributed by atoms with Crippen molar-refractivity contribution in [3.05, 3.63) is 41.2 Å². The molecule has 1 aliphatic carbocycles. The van der Waals surface area contributed by atoms with E-state index in [0.717, 1.165) is 22.8 Å². The van der Waals surface area contributed by atoms with Crippen molar-refractivity contribution in [2.24, 2.45) is 5.92 Å². The summed E-state index contributed by atoms with van der Waals surface area (Å²) in [6.07, 6.45) is 5.99. The van der Waals surface area contributed by atoms with E-state index in [1.54, 1.807) is 6.26 Å². The Labute approximate surface area is 82.9 Å². The van der Waals surface area contributed by atoms with E-state index < -0.39 is 0 Å². The van der Waals surface area contributed by atoms with Crippen LogP contribution in [0, 0.1) is 5.92 Å². The van der Waals surface area contributed by atoms with Crippen molar-refractivity contribution in [3.63, 3.8) is 0 Å². The summed E-state index contributed by atoms with van der Waals surface area (Å²) in [7, 11) is 0. The van der Waals surface area contributed by atoms with Gasteiger partial charge in [-0.25, -0.2) is 0 Å². The highest BCUT2D eigenvalue weighted by Crippen LogP contribution is 2.44. The van der Waals surface area contributed by atoms with Crippen molar-refractivity contribution in [2.75, 3.05) is 0 Å². The van der Waals surface area contributed by atoms with Gasteiger partial charge in [-0.15, -0.1) is 0 Å². The summed E-state index contributed by atoms with van der Waals surface area (Å²) in [6, 6.07) is 1.99. The Morgan fingerprint density at radius 2 is 2.21 bits per heavy atom. The molecule has 2 nitrogen and oxygen atoms in total. The fourth-order valence-electron chi connectivity index (χ4n) is 2.28. The molecular formula is C12H12O2. The molecule has 0 fully saturated rings. The highest BCUT2D eigenvalue weighted by atomic mass is 16.5. The van der Waals surface area contributed by atoms with Gasteiger partial charge in [0.05, 0.1) is 12.0 Å². The summed E-state index contributed by atoms with van der Waals surface area (Å²) in [5.41, 5.74) is 1.16. The van der Waals surface area contributed by atoms with Crippen LogP contribution in [0.25, 0.3) is 6.08 Å². The van der Waals surface area contributed by atoms with Crippen molar-refractivity contribution in [2.45, 2.75) is 19.8 Å². The Balaban J connectivity index is 2.13. The van der Waals surface area contributed by atoms with Crippen LogP contribution < -0.4 is 0 Å². The number of hydrogen-bond acceptors (Lipinski definition) is 2. The van der Waals surface area contributed by atoms with Crippen LogP contribution in [0.15, 0.2) is 34.3 Å². The zero-order valence-corrected chi connectivity index (χ0v) is 8.28. The molecule has 0 N–H and O–H groups in total. The Morgan fingerprint density at radius 3 is 3.07 bits per heavy atom. The topological polar surface area (TPSA) is 22.4 Å². The zero-order chi connectivity index (χ0) is 9.71. The van der Waals surface area contributed by atoms with Gasteiger partial charge in [0.1, 0.15) is 11.5 Å². The maximum atomic E-state index is 5.64. The first-order valence-corrected chi connectivity index (χ1v) is 4.91.